The van der Waals surface area contributed by atoms with E-state index in [-0.39, 0.29) is 0 Å². The van der Waals surface area contributed by atoms with Gasteiger partial charge in [-0.25, -0.2) is 4.98 Å². The van der Waals surface area contributed by atoms with Gasteiger partial charge in [0, 0.05) is 23.8 Å². The van der Waals surface area contributed by atoms with E-state index in [0.29, 0.717) is 0 Å². The monoisotopic (exact) mass is 252 g/mol. The Morgan fingerprint density at radius 1 is 1.43 bits per heavy atom. The van der Waals surface area contributed by atoms with Crippen LogP contribution in [0.3, 0.4) is 0 Å². The van der Waals surface area contributed by atoms with Gasteiger partial charge in [0.15, 0.2) is 0 Å². The van der Waals surface area contributed by atoms with Crippen molar-refractivity contribution in [1.82, 2.24) is 4.98 Å². The molecule has 14 heavy (non-hydrogen) atoms. The molecule has 0 atom stereocenters. The van der Waals surface area contributed by atoms with E-state index in [2.05, 4.69) is 44.9 Å². The Morgan fingerprint density at radius 2 is 2.29 bits per heavy atom. The summed E-state index contributed by atoms with van der Waals surface area (Å²) in [4.78, 5) is 6.70. The lowest BCUT2D eigenvalue weighted by Gasteiger charge is -2.27. The normalized spacial score (nSPS) is 16.7. The van der Waals surface area contributed by atoms with Crippen LogP contribution in [-0.2, 0) is 0 Å². The SMILES string of the molecule is CC1=CCCN(c2ccc(Br)cn2)C1. The third-order valence-corrected chi connectivity index (χ3v) is 2.84. The van der Waals surface area contributed by atoms with Crippen molar-refractivity contribution in [2.75, 3.05) is 18.0 Å². The molecule has 0 N–H and O–H groups in total. The van der Waals surface area contributed by atoms with Crippen LogP contribution in [0.1, 0.15) is 13.3 Å². The van der Waals surface area contributed by atoms with Crippen molar-refractivity contribution in [3.05, 3.63) is 34.5 Å². The first-order chi connectivity index (χ1) is 6.75. The van der Waals surface area contributed by atoms with Crippen molar-refractivity contribution in [2.45, 2.75) is 13.3 Å². The van der Waals surface area contributed by atoms with E-state index in [9.17, 15) is 0 Å². The van der Waals surface area contributed by atoms with Crippen LogP contribution in [0.25, 0.3) is 0 Å². The maximum absolute atomic E-state index is 4.39. The number of nitrogens with zero attached hydrogens (tertiary/aromatic N) is 2. The molecular weight excluding hydrogens is 240 g/mol. The molecule has 1 aliphatic rings. The zero-order valence-electron chi connectivity index (χ0n) is 8.20. The van der Waals surface area contributed by atoms with E-state index in [1.165, 1.54) is 5.57 Å². The third kappa shape index (κ3) is 2.15. The molecule has 1 aliphatic heterocycles. The highest BCUT2D eigenvalue weighted by molar-refractivity contribution is 9.10. The summed E-state index contributed by atoms with van der Waals surface area (Å²) >= 11 is 3.39. The van der Waals surface area contributed by atoms with E-state index < -0.39 is 0 Å². The van der Waals surface area contributed by atoms with Crippen LogP contribution >= 0.6 is 15.9 Å². The van der Waals surface area contributed by atoms with E-state index in [4.69, 9.17) is 0 Å². The predicted molar refractivity (Wildman–Crippen MR) is 62.5 cm³/mol. The number of hydrogen-bond donors (Lipinski definition) is 0. The third-order valence-electron chi connectivity index (χ3n) is 2.37. The van der Waals surface area contributed by atoms with Crippen LogP contribution < -0.4 is 4.90 Å². The van der Waals surface area contributed by atoms with Crippen LogP contribution in [0.4, 0.5) is 5.82 Å². The summed E-state index contributed by atoms with van der Waals surface area (Å²) < 4.78 is 1.03. The highest BCUT2D eigenvalue weighted by atomic mass is 79.9. The lowest BCUT2D eigenvalue weighted by molar-refractivity contribution is 0.778. The molecule has 2 rings (SSSR count). The summed E-state index contributed by atoms with van der Waals surface area (Å²) in [6.45, 7) is 4.26. The molecule has 0 aliphatic carbocycles. The molecule has 1 aromatic rings. The average Bonchev–Trinajstić information content (AvgIpc) is 2.19. The van der Waals surface area contributed by atoms with Crippen LogP contribution in [0.15, 0.2) is 34.5 Å². The summed E-state index contributed by atoms with van der Waals surface area (Å²) in [5.41, 5.74) is 1.43. The second-order valence-corrected chi connectivity index (χ2v) is 4.51. The maximum atomic E-state index is 4.39. The highest BCUT2D eigenvalue weighted by Gasteiger charge is 2.10. The van der Waals surface area contributed by atoms with Gasteiger partial charge in [0.2, 0.25) is 0 Å². The molecule has 0 bridgehead atoms. The van der Waals surface area contributed by atoms with Crippen LogP contribution in [0.5, 0.6) is 0 Å². The van der Waals surface area contributed by atoms with Gasteiger partial charge in [-0.1, -0.05) is 11.6 Å². The van der Waals surface area contributed by atoms with Crippen molar-refractivity contribution in [3.8, 4) is 0 Å². The van der Waals surface area contributed by atoms with Gasteiger partial charge in [0.25, 0.3) is 0 Å². The quantitative estimate of drug-likeness (QED) is 0.715. The molecule has 0 saturated heterocycles. The van der Waals surface area contributed by atoms with Gasteiger partial charge in [-0.15, -0.1) is 0 Å². The van der Waals surface area contributed by atoms with Gasteiger partial charge in [-0.3, -0.25) is 0 Å². The fourth-order valence-electron chi connectivity index (χ4n) is 1.66. The summed E-state index contributed by atoms with van der Waals surface area (Å²) in [6, 6.07) is 4.10. The average molecular weight is 253 g/mol. The molecule has 3 heteroatoms. The van der Waals surface area contributed by atoms with E-state index in [1.807, 2.05) is 12.3 Å². The summed E-state index contributed by atoms with van der Waals surface area (Å²) in [7, 11) is 0. The van der Waals surface area contributed by atoms with Gasteiger partial charge >= 0.3 is 0 Å². The van der Waals surface area contributed by atoms with Gasteiger partial charge in [-0.2, -0.15) is 0 Å². The van der Waals surface area contributed by atoms with Gasteiger partial charge < -0.3 is 4.90 Å². The Balaban J connectivity index is 2.16. The number of rotatable bonds is 1. The Bertz CT molecular complexity index is 343. The number of pyridine rings is 1. The second kappa shape index (κ2) is 4.13. The first kappa shape index (κ1) is 9.71. The minimum Gasteiger partial charge on any atom is -0.352 e. The fourth-order valence-corrected chi connectivity index (χ4v) is 1.90. The predicted octanol–water partition coefficient (Wildman–Crippen LogP) is 3.00. The zero-order chi connectivity index (χ0) is 9.97. The van der Waals surface area contributed by atoms with Crippen LogP contribution in [0.2, 0.25) is 0 Å². The van der Waals surface area contributed by atoms with E-state index >= 15 is 0 Å². The van der Waals surface area contributed by atoms with Crippen LogP contribution in [-0.4, -0.2) is 18.1 Å². The maximum Gasteiger partial charge on any atom is 0.128 e. The van der Waals surface area contributed by atoms with Crippen molar-refractivity contribution in [1.29, 1.82) is 0 Å². The second-order valence-electron chi connectivity index (χ2n) is 3.60. The number of aromatic nitrogens is 1. The van der Waals surface area contributed by atoms with Crippen molar-refractivity contribution in [2.24, 2.45) is 0 Å². The molecule has 0 amide bonds. The molecule has 2 heterocycles. The molecule has 0 saturated carbocycles. The fraction of sp³-hybridized carbons (Fsp3) is 0.364. The molecule has 0 unspecified atom stereocenters. The first-order valence-corrected chi connectivity index (χ1v) is 5.57. The topological polar surface area (TPSA) is 16.1 Å². The van der Waals surface area contributed by atoms with Crippen molar-refractivity contribution < 1.29 is 0 Å². The van der Waals surface area contributed by atoms with Crippen molar-refractivity contribution in [3.63, 3.8) is 0 Å². The van der Waals surface area contributed by atoms with Gasteiger partial charge in [0.1, 0.15) is 5.82 Å². The smallest absolute Gasteiger partial charge is 0.128 e. The Labute approximate surface area is 92.8 Å². The van der Waals surface area contributed by atoms with Gasteiger partial charge in [-0.05, 0) is 41.4 Å². The number of hydrogen-bond acceptors (Lipinski definition) is 2. The number of halogens is 1. The summed E-state index contributed by atoms with van der Waals surface area (Å²) in [5.74, 6) is 1.07. The van der Waals surface area contributed by atoms with Gasteiger partial charge in [0.05, 0.1) is 0 Å². The Hall–Kier alpha value is -0.830. The van der Waals surface area contributed by atoms with Crippen LogP contribution in [0, 0.1) is 0 Å². The molecule has 0 fully saturated rings. The van der Waals surface area contributed by atoms with E-state index in [1.54, 1.807) is 0 Å². The minimum atomic E-state index is 1.01. The highest BCUT2D eigenvalue weighted by Crippen LogP contribution is 2.18. The first-order valence-electron chi connectivity index (χ1n) is 4.78. The van der Waals surface area contributed by atoms with Crippen molar-refractivity contribution >= 4 is 21.7 Å². The molecule has 74 valence electrons. The molecule has 0 spiro atoms. The molecule has 0 aromatic carbocycles. The summed E-state index contributed by atoms with van der Waals surface area (Å²) in [6.07, 6.45) is 5.28. The zero-order valence-corrected chi connectivity index (χ0v) is 9.79. The largest absolute Gasteiger partial charge is 0.352 e. The molecule has 1 aromatic heterocycles. The molecule has 0 radical (unpaired) electrons. The lowest BCUT2D eigenvalue weighted by atomic mass is 10.1. The Kier molecular flexibility index (Phi) is 2.87. The Morgan fingerprint density at radius 3 is 2.93 bits per heavy atom. The standard InChI is InChI=1S/C11H13BrN2/c1-9-3-2-6-14(8-9)11-5-4-10(12)7-13-11/h3-5,7H,2,6,8H2,1H3. The molecule has 2 nitrogen and oxygen atoms in total. The minimum absolute atomic E-state index is 1.01. The number of anilines is 1. The lowest BCUT2D eigenvalue weighted by Crippen LogP contribution is -2.29. The summed E-state index contributed by atoms with van der Waals surface area (Å²) in [5, 5.41) is 0. The van der Waals surface area contributed by atoms with E-state index in [0.717, 1.165) is 29.8 Å². The molecular formula is C11H13BrN2.